The summed E-state index contributed by atoms with van der Waals surface area (Å²) in [5.41, 5.74) is 0.889. The molecule has 1 aromatic carbocycles. The zero-order chi connectivity index (χ0) is 13.7. The summed E-state index contributed by atoms with van der Waals surface area (Å²) in [7, 11) is 0. The van der Waals surface area contributed by atoms with Crippen molar-refractivity contribution in [3.63, 3.8) is 0 Å². The molecule has 0 saturated heterocycles. The highest BCUT2D eigenvalue weighted by atomic mass is 79.9. The Morgan fingerprint density at radius 2 is 1.83 bits per heavy atom. The van der Waals surface area contributed by atoms with E-state index < -0.39 is 0 Å². The lowest BCUT2D eigenvalue weighted by Gasteiger charge is -2.11. The van der Waals surface area contributed by atoms with E-state index in [0.717, 1.165) is 10.0 Å². The zero-order valence-corrected chi connectivity index (χ0v) is 11.6. The Labute approximate surface area is 118 Å². The minimum Gasteiger partial charge on any atom is -0.344 e. The smallest absolute Gasteiger partial charge is 0.163 e. The molecule has 0 atom stereocenters. The molecule has 88 valence electrons. The molecule has 0 spiro atoms. The van der Waals surface area contributed by atoms with E-state index in [1.165, 1.54) is 0 Å². The van der Waals surface area contributed by atoms with Crippen molar-refractivity contribution in [1.82, 2.24) is 0 Å². The van der Waals surface area contributed by atoms with E-state index in [-0.39, 0.29) is 11.3 Å². The van der Waals surface area contributed by atoms with E-state index in [0.29, 0.717) is 10.7 Å². The number of allylic oxidation sites excluding steroid dienone is 2. The minimum atomic E-state index is -0.282. The highest BCUT2D eigenvalue weighted by Crippen LogP contribution is 2.31. The Morgan fingerprint density at radius 3 is 2.28 bits per heavy atom. The molecule has 0 amide bonds. The molecule has 0 aromatic heterocycles. The summed E-state index contributed by atoms with van der Waals surface area (Å²) in [4.78, 5) is 0. The van der Waals surface area contributed by atoms with Crippen LogP contribution in [-0.4, -0.2) is 0 Å². The van der Waals surface area contributed by atoms with Gasteiger partial charge >= 0.3 is 0 Å². The van der Waals surface area contributed by atoms with Crippen LogP contribution in [0, 0.1) is 40.9 Å². The van der Waals surface area contributed by atoms with Crippen LogP contribution in [-0.2, 0) is 0 Å². The number of aryl methyl sites for hydroxylation is 1. The van der Waals surface area contributed by atoms with Crippen molar-refractivity contribution >= 4 is 33.2 Å². The third kappa shape index (κ3) is 3.02. The van der Waals surface area contributed by atoms with Crippen LogP contribution in [0.5, 0.6) is 0 Å². The Kier molecular flexibility index (Phi) is 4.75. The highest BCUT2D eigenvalue weighted by molar-refractivity contribution is 9.10. The maximum atomic E-state index is 8.93. The van der Waals surface area contributed by atoms with Crippen LogP contribution < -0.4 is 5.32 Å². The summed E-state index contributed by atoms with van der Waals surface area (Å²) in [5.74, 6) is 0. The van der Waals surface area contributed by atoms with Gasteiger partial charge in [0.2, 0.25) is 0 Å². The normalized spacial score (nSPS) is 8.67. The van der Waals surface area contributed by atoms with Gasteiger partial charge in [0.1, 0.15) is 23.9 Å². The Hall–Kier alpha value is -2.00. The average Bonchev–Trinajstić information content (AvgIpc) is 2.32. The molecular formula is C12H6BrClN4. The van der Waals surface area contributed by atoms with E-state index in [9.17, 15) is 0 Å². The number of halogens is 2. The molecule has 18 heavy (non-hydrogen) atoms. The number of anilines is 1. The Balaban J connectivity index is 3.30. The number of nitrogens with one attached hydrogen (secondary N) is 1. The summed E-state index contributed by atoms with van der Waals surface area (Å²) < 4.78 is 0.804. The number of hydrogen-bond donors (Lipinski definition) is 1. The van der Waals surface area contributed by atoms with Crippen LogP contribution in [0.4, 0.5) is 5.69 Å². The molecule has 0 saturated carbocycles. The standard InChI is InChI=1S/C12H6BrClN4/c1-7-2-9(13)3-10(14)12(7)18-11(6-17)8(4-15)5-16/h2-3,18H,1H3. The lowest BCUT2D eigenvalue weighted by atomic mass is 10.1. The molecule has 0 fully saturated rings. The number of rotatable bonds is 2. The van der Waals surface area contributed by atoms with E-state index in [4.69, 9.17) is 27.4 Å². The molecule has 0 bridgehead atoms. The highest BCUT2D eigenvalue weighted by Gasteiger charge is 2.11. The first kappa shape index (κ1) is 14.1. The SMILES string of the molecule is Cc1cc(Br)cc(Cl)c1NC(C#N)=C(C#N)C#N. The van der Waals surface area contributed by atoms with Crippen molar-refractivity contribution in [1.29, 1.82) is 15.8 Å². The fraction of sp³-hybridized carbons (Fsp3) is 0.0833. The summed E-state index contributed by atoms with van der Waals surface area (Å²) in [6.07, 6.45) is 0. The maximum Gasteiger partial charge on any atom is 0.163 e. The molecule has 0 unspecified atom stereocenters. The van der Waals surface area contributed by atoms with Gasteiger partial charge in [-0.25, -0.2) is 0 Å². The molecule has 1 N–H and O–H groups in total. The lowest BCUT2D eigenvalue weighted by molar-refractivity contribution is 1.34. The van der Waals surface area contributed by atoms with Crippen molar-refractivity contribution in [2.24, 2.45) is 0 Å². The molecule has 0 aliphatic rings. The number of nitriles is 3. The van der Waals surface area contributed by atoms with Crippen molar-refractivity contribution in [2.45, 2.75) is 6.92 Å². The van der Waals surface area contributed by atoms with Crippen LogP contribution in [0.15, 0.2) is 27.9 Å². The molecule has 1 aromatic rings. The lowest BCUT2D eigenvalue weighted by Crippen LogP contribution is -2.03. The molecule has 4 nitrogen and oxygen atoms in total. The van der Waals surface area contributed by atoms with Gasteiger partial charge in [0.05, 0.1) is 10.7 Å². The molecular weight excluding hydrogens is 316 g/mol. The monoisotopic (exact) mass is 320 g/mol. The Bertz CT molecular complexity index is 605. The van der Waals surface area contributed by atoms with E-state index >= 15 is 0 Å². The van der Waals surface area contributed by atoms with Crippen LogP contribution >= 0.6 is 27.5 Å². The first-order valence-corrected chi connectivity index (χ1v) is 5.87. The van der Waals surface area contributed by atoms with Crippen LogP contribution in [0.3, 0.4) is 0 Å². The predicted molar refractivity (Wildman–Crippen MR) is 71.4 cm³/mol. The third-order valence-corrected chi connectivity index (χ3v) is 2.84. The van der Waals surface area contributed by atoms with Crippen LogP contribution in [0.1, 0.15) is 5.56 Å². The van der Waals surface area contributed by atoms with Crippen molar-refractivity contribution in [3.05, 3.63) is 38.5 Å². The second-order valence-corrected chi connectivity index (χ2v) is 4.61. The Morgan fingerprint density at radius 1 is 1.22 bits per heavy atom. The fourth-order valence-electron chi connectivity index (χ4n) is 1.27. The number of nitrogens with zero attached hydrogens (tertiary/aromatic N) is 3. The van der Waals surface area contributed by atoms with E-state index in [1.54, 1.807) is 31.2 Å². The number of benzene rings is 1. The van der Waals surface area contributed by atoms with Crippen molar-refractivity contribution in [2.75, 3.05) is 5.32 Å². The second kappa shape index (κ2) is 6.07. The molecule has 0 aliphatic carbocycles. The van der Waals surface area contributed by atoms with Gasteiger partial charge in [0.25, 0.3) is 0 Å². The zero-order valence-electron chi connectivity index (χ0n) is 9.25. The minimum absolute atomic E-state index is 0.118. The van der Waals surface area contributed by atoms with E-state index in [2.05, 4.69) is 21.2 Å². The van der Waals surface area contributed by atoms with Gasteiger partial charge in [-0.1, -0.05) is 27.5 Å². The first-order chi connectivity index (χ1) is 8.53. The van der Waals surface area contributed by atoms with Crippen LogP contribution in [0.2, 0.25) is 5.02 Å². The number of hydrogen-bond acceptors (Lipinski definition) is 4. The third-order valence-electron chi connectivity index (χ3n) is 2.09. The average molecular weight is 322 g/mol. The van der Waals surface area contributed by atoms with Gasteiger partial charge in [-0.3, -0.25) is 0 Å². The first-order valence-electron chi connectivity index (χ1n) is 4.70. The van der Waals surface area contributed by atoms with Gasteiger partial charge < -0.3 is 5.32 Å². The summed E-state index contributed by atoms with van der Waals surface area (Å²) in [6.45, 7) is 1.80. The molecule has 0 aliphatic heterocycles. The fourth-order valence-corrected chi connectivity index (χ4v) is 2.29. The largest absolute Gasteiger partial charge is 0.344 e. The molecule has 6 heteroatoms. The maximum absolute atomic E-state index is 8.93. The van der Waals surface area contributed by atoms with Crippen LogP contribution in [0.25, 0.3) is 0 Å². The van der Waals surface area contributed by atoms with E-state index in [1.807, 2.05) is 6.07 Å². The van der Waals surface area contributed by atoms with Crippen molar-refractivity contribution in [3.8, 4) is 18.2 Å². The van der Waals surface area contributed by atoms with Gasteiger partial charge in [-0.05, 0) is 24.6 Å². The molecule has 0 radical (unpaired) electrons. The van der Waals surface area contributed by atoms with Gasteiger partial charge in [-0.15, -0.1) is 0 Å². The van der Waals surface area contributed by atoms with Gasteiger partial charge in [0.15, 0.2) is 5.57 Å². The summed E-state index contributed by atoms with van der Waals surface area (Å²) in [5, 5.41) is 29.5. The quantitative estimate of drug-likeness (QED) is 0.843. The second-order valence-electron chi connectivity index (χ2n) is 3.29. The predicted octanol–water partition coefficient (Wildman–Crippen LogP) is 3.65. The molecule has 0 heterocycles. The summed E-state index contributed by atoms with van der Waals surface area (Å²) in [6, 6.07) is 8.55. The summed E-state index contributed by atoms with van der Waals surface area (Å²) >= 11 is 9.33. The van der Waals surface area contributed by atoms with Crippen molar-refractivity contribution < 1.29 is 0 Å². The van der Waals surface area contributed by atoms with Gasteiger partial charge in [0, 0.05) is 4.47 Å². The topological polar surface area (TPSA) is 83.4 Å². The molecule has 1 rings (SSSR count). The van der Waals surface area contributed by atoms with Gasteiger partial charge in [-0.2, -0.15) is 15.8 Å².